The lowest BCUT2D eigenvalue weighted by Gasteiger charge is -2.20. The zero-order valence-electron chi connectivity index (χ0n) is 38.8. The van der Waals surface area contributed by atoms with Crippen molar-refractivity contribution in [1.82, 2.24) is 5.32 Å². The maximum absolute atomic E-state index is 12.4. The molecule has 2 unspecified atom stereocenters. The molecule has 0 radical (unpaired) electrons. The monoisotopic (exact) mass is 818 g/mol. The van der Waals surface area contributed by atoms with Gasteiger partial charge < -0.3 is 20.3 Å². The molecule has 0 fully saturated rings. The molecule has 2 atom stereocenters. The van der Waals surface area contributed by atoms with Crippen LogP contribution in [0, 0.1) is 0 Å². The zero-order chi connectivity index (χ0) is 42.3. The molecule has 0 aliphatic carbocycles. The molecule has 1 amide bonds. The number of aliphatic hydroxyl groups excluding tert-OH is 2. The summed E-state index contributed by atoms with van der Waals surface area (Å²) in [5, 5.41) is 23.1. The summed E-state index contributed by atoms with van der Waals surface area (Å²) in [5.41, 5.74) is 0. The number of allylic oxidation sites excluding steroid dienone is 3. The minimum atomic E-state index is -0.860. The van der Waals surface area contributed by atoms with Crippen molar-refractivity contribution in [3.05, 3.63) is 24.3 Å². The van der Waals surface area contributed by atoms with E-state index in [9.17, 15) is 19.8 Å². The Morgan fingerprint density at radius 3 is 1.22 bits per heavy atom. The summed E-state index contributed by atoms with van der Waals surface area (Å²) in [5.74, 6) is -0.117. The Bertz CT molecular complexity index is 904. The summed E-state index contributed by atoms with van der Waals surface area (Å²) in [6.45, 7) is 4.84. The number of ether oxygens (including phenoxy) is 1. The van der Waals surface area contributed by atoms with Gasteiger partial charge in [-0.2, -0.15) is 0 Å². The third-order valence-electron chi connectivity index (χ3n) is 11.7. The fourth-order valence-corrected chi connectivity index (χ4v) is 7.74. The normalized spacial score (nSPS) is 12.8. The van der Waals surface area contributed by atoms with Crippen LogP contribution in [-0.2, 0) is 14.3 Å². The molecule has 0 aromatic heterocycles. The number of rotatable bonds is 47. The average molecular weight is 818 g/mol. The van der Waals surface area contributed by atoms with E-state index in [0.717, 1.165) is 77.0 Å². The highest BCUT2D eigenvalue weighted by Crippen LogP contribution is 2.16. The van der Waals surface area contributed by atoms with Crippen LogP contribution in [0.1, 0.15) is 271 Å². The third kappa shape index (κ3) is 43.9. The van der Waals surface area contributed by atoms with Crippen LogP contribution in [-0.4, -0.2) is 47.4 Å². The van der Waals surface area contributed by atoms with Gasteiger partial charge in [-0.1, -0.05) is 218 Å². The van der Waals surface area contributed by atoms with Crippen LogP contribution in [0.5, 0.6) is 0 Å². The fourth-order valence-electron chi connectivity index (χ4n) is 7.74. The van der Waals surface area contributed by atoms with E-state index >= 15 is 0 Å². The van der Waals surface area contributed by atoms with Gasteiger partial charge in [0.1, 0.15) is 0 Å². The molecule has 0 spiro atoms. The molecule has 6 heteroatoms. The Labute approximate surface area is 361 Å². The SMILES string of the molecule is CCCCCCCCCCCCCCCCC/C=C/C(O)C(CO)NC(=O)CCCCCCC/C=C\CCCCCOC(=O)CCCCCCCCCCCCCC. The topological polar surface area (TPSA) is 95.9 Å². The van der Waals surface area contributed by atoms with Crippen molar-refractivity contribution in [2.75, 3.05) is 13.2 Å². The Morgan fingerprint density at radius 1 is 0.466 bits per heavy atom. The minimum Gasteiger partial charge on any atom is -0.466 e. The second-order valence-corrected chi connectivity index (χ2v) is 17.5. The van der Waals surface area contributed by atoms with Gasteiger partial charge in [-0.25, -0.2) is 0 Å². The molecule has 0 rings (SSSR count). The van der Waals surface area contributed by atoms with Crippen molar-refractivity contribution in [2.45, 2.75) is 283 Å². The maximum Gasteiger partial charge on any atom is 0.305 e. The first-order valence-corrected chi connectivity index (χ1v) is 25.6. The Balaban J connectivity index is 3.55. The molecule has 0 aliphatic heterocycles. The van der Waals surface area contributed by atoms with Crippen LogP contribution in [0.4, 0.5) is 0 Å². The Hall–Kier alpha value is -1.66. The number of hydrogen-bond donors (Lipinski definition) is 3. The first-order chi connectivity index (χ1) is 28.5. The van der Waals surface area contributed by atoms with E-state index in [4.69, 9.17) is 4.74 Å². The van der Waals surface area contributed by atoms with Gasteiger partial charge in [0, 0.05) is 12.8 Å². The van der Waals surface area contributed by atoms with Gasteiger partial charge >= 0.3 is 5.97 Å². The molecule has 0 aromatic carbocycles. The first kappa shape index (κ1) is 56.3. The second kappa shape index (κ2) is 48.0. The van der Waals surface area contributed by atoms with E-state index in [2.05, 4.69) is 31.3 Å². The summed E-state index contributed by atoms with van der Waals surface area (Å²) < 4.78 is 5.43. The van der Waals surface area contributed by atoms with Crippen LogP contribution in [0.25, 0.3) is 0 Å². The van der Waals surface area contributed by atoms with Crippen LogP contribution in [0.2, 0.25) is 0 Å². The molecule has 0 saturated carbocycles. The van der Waals surface area contributed by atoms with Crippen LogP contribution in [0.15, 0.2) is 24.3 Å². The molecule has 6 nitrogen and oxygen atoms in total. The summed E-state index contributed by atoms with van der Waals surface area (Å²) >= 11 is 0. The number of nitrogens with one attached hydrogen (secondary N) is 1. The molecule has 0 bridgehead atoms. The van der Waals surface area contributed by atoms with E-state index < -0.39 is 12.1 Å². The highest BCUT2D eigenvalue weighted by molar-refractivity contribution is 5.76. The predicted octanol–water partition coefficient (Wildman–Crippen LogP) is 15.1. The molecule has 0 aliphatic rings. The van der Waals surface area contributed by atoms with Crippen molar-refractivity contribution in [3.63, 3.8) is 0 Å². The Kier molecular flexibility index (Phi) is 46.6. The largest absolute Gasteiger partial charge is 0.466 e. The van der Waals surface area contributed by atoms with Crippen molar-refractivity contribution in [3.8, 4) is 0 Å². The van der Waals surface area contributed by atoms with Gasteiger partial charge in [-0.05, 0) is 64.2 Å². The highest BCUT2D eigenvalue weighted by atomic mass is 16.5. The number of esters is 1. The number of carbonyl (C=O) groups is 2. The van der Waals surface area contributed by atoms with Crippen molar-refractivity contribution < 1.29 is 24.5 Å². The lowest BCUT2D eigenvalue weighted by Crippen LogP contribution is -2.45. The zero-order valence-corrected chi connectivity index (χ0v) is 38.8. The highest BCUT2D eigenvalue weighted by Gasteiger charge is 2.18. The van der Waals surface area contributed by atoms with Gasteiger partial charge in [0.2, 0.25) is 5.91 Å². The summed E-state index contributed by atoms with van der Waals surface area (Å²) in [4.78, 5) is 24.4. The van der Waals surface area contributed by atoms with E-state index in [0.29, 0.717) is 19.4 Å². The second-order valence-electron chi connectivity index (χ2n) is 17.5. The average Bonchev–Trinajstić information content (AvgIpc) is 3.22. The van der Waals surface area contributed by atoms with Crippen LogP contribution in [0.3, 0.4) is 0 Å². The molecule has 0 heterocycles. The number of aliphatic hydroxyl groups is 2. The summed E-state index contributed by atoms with van der Waals surface area (Å²) in [7, 11) is 0. The Morgan fingerprint density at radius 2 is 0.810 bits per heavy atom. The summed E-state index contributed by atoms with van der Waals surface area (Å²) in [6.07, 6.45) is 56.0. The molecule has 3 N–H and O–H groups in total. The van der Waals surface area contributed by atoms with Gasteiger partial charge in [-0.15, -0.1) is 0 Å². The maximum atomic E-state index is 12.4. The van der Waals surface area contributed by atoms with Gasteiger partial charge in [0.15, 0.2) is 0 Å². The van der Waals surface area contributed by atoms with Crippen LogP contribution >= 0.6 is 0 Å². The fraction of sp³-hybridized carbons (Fsp3) is 0.885. The van der Waals surface area contributed by atoms with E-state index in [-0.39, 0.29) is 18.5 Å². The molecular weight excluding hydrogens is 719 g/mol. The molecule has 0 saturated heterocycles. The predicted molar refractivity (Wildman–Crippen MR) is 250 cm³/mol. The third-order valence-corrected chi connectivity index (χ3v) is 11.7. The van der Waals surface area contributed by atoms with Crippen molar-refractivity contribution in [1.29, 1.82) is 0 Å². The molecule has 58 heavy (non-hydrogen) atoms. The number of unbranched alkanes of at least 4 members (excludes halogenated alkanes) is 34. The van der Waals surface area contributed by atoms with E-state index in [1.54, 1.807) is 6.08 Å². The van der Waals surface area contributed by atoms with Crippen LogP contribution < -0.4 is 5.32 Å². The molecule has 342 valence electrons. The van der Waals surface area contributed by atoms with Crippen molar-refractivity contribution >= 4 is 11.9 Å². The van der Waals surface area contributed by atoms with E-state index in [1.807, 2.05) is 6.08 Å². The smallest absolute Gasteiger partial charge is 0.305 e. The molecule has 0 aromatic rings. The standard InChI is InChI=1S/C52H99NO5/c1-3-5-7-9-11-13-15-17-18-19-20-21-24-28-32-36-40-44-50(55)49(48-54)53-51(56)45-41-37-33-29-25-22-23-27-31-35-39-43-47-58-52(57)46-42-38-34-30-26-16-14-12-10-8-6-4-2/h23,27,40,44,49-50,54-55H,3-22,24-26,28-39,41-43,45-48H2,1-2H3,(H,53,56)/b27-23-,44-40+. The van der Waals surface area contributed by atoms with Gasteiger partial charge in [0.25, 0.3) is 0 Å². The van der Waals surface area contributed by atoms with Gasteiger partial charge in [-0.3, -0.25) is 9.59 Å². The lowest BCUT2D eigenvalue weighted by atomic mass is 10.0. The van der Waals surface area contributed by atoms with Gasteiger partial charge in [0.05, 0.1) is 25.4 Å². The van der Waals surface area contributed by atoms with Crippen molar-refractivity contribution in [2.24, 2.45) is 0 Å². The number of carbonyl (C=O) groups excluding carboxylic acids is 2. The lowest BCUT2D eigenvalue weighted by molar-refractivity contribution is -0.143. The number of amides is 1. The quantitative estimate of drug-likeness (QED) is 0.0323. The molecular formula is C52H99NO5. The van der Waals surface area contributed by atoms with E-state index in [1.165, 1.54) is 167 Å². The minimum absolute atomic E-state index is 0.0238. The summed E-state index contributed by atoms with van der Waals surface area (Å²) in [6, 6.07) is -0.645. The first-order valence-electron chi connectivity index (χ1n) is 25.6. The number of hydrogen-bond acceptors (Lipinski definition) is 5.